The van der Waals surface area contributed by atoms with Crippen LogP contribution in [-0.2, 0) is 6.42 Å². The highest BCUT2D eigenvalue weighted by molar-refractivity contribution is 9.09. The number of pyridine rings is 1. The third kappa shape index (κ3) is 2.91. The lowest BCUT2D eigenvalue weighted by atomic mass is 10.0. The minimum Gasteiger partial charge on any atom is -0.261 e. The summed E-state index contributed by atoms with van der Waals surface area (Å²) in [4.78, 5) is 4.20. The second-order valence-corrected chi connectivity index (χ2v) is 5.08. The SMILES string of the molecule is Cc1cccc(C(Br)Cc2ccccn2)c1F. The van der Waals surface area contributed by atoms with E-state index in [-0.39, 0.29) is 10.6 Å². The van der Waals surface area contributed by atoms with Gasteiger partial charge in [-0.25, -0.2) is 4.39 Å². The zero-order chi connectivity index (χ0) is 12.3. The molecule has 1 aromatic carbocycles. The number of aryl methyl sites for hydroxylation is 1. The van der Waals surface area contributed by atoms with Crippen LogP contribution in [0.1, 0.15) is 21.6 Å². The zero-order valence-corrected chi connectivity index (χ0v) is 11.1. The van der Waals surface area contributed by atoms with Gasteiger partial charge in [0.25, 0.3) is 0 Å². The number of nitrogens with zero attached hydrogens (tertiary/aromatic N) is 1. The fraction of sp³-hybridized carbons (Fsp3) is 0.214. The van der Waals surface area contributed by atoms with Crippen LogP contribution in [0.15, 0.2) is 42.6 Å². The van der Waals surface area contributed by atoms with Gasteiger partial charge in [0.1, 0.15) is 5.82 Å². The normalized spacial score (nSPS) is 12.4. The van der Waals surface area contributed by atoms with Crippen molar-refractivity contribution in [1.82, 2.24) is 4.98 Å². The third-order valence-electron chi connectivity index (χ3n) is 2.67. The molecule has 1 nitrogen and oxygen atoms in total. The number of aromatic nitrogens is 1. The van der Waals surface area contributed by atoms with Gasteiger partial charge in [-0.05, 0) is 24.6 Å². The van der Waals surface area contributed by atoms with Gasteiger partial charge in [0, 0.05) is 28.7 Å². The van der Waals surface area contributed by atoms with Gasteiger partial charge in [-0.2, -0.15) is 0 Å². The molecule has 0 fully saturated rings. The van der Waals surface area contributed by atoms with Crippen LogP contribution in [-0.4, -0.2) is 4.98 Å². The second-order valence-electron chi connectivity index (χ2n) is 3.97. The molecule has 0 bridgehead atoms. The van der Waals surface area contributed by atoms with Crippen LogP contribution in [0.25, 0.3) is 0 Å². The van der Waals surface area contributed by atoms with Crippen LogP contribution in [0.5, 0.6) is 0 Å². The molecule has 17 heavy (non-hydrogen) atoms. The Morgan fingerprint density at radius 3 is 2.76 bits per heavy atom. The van der Waals surface area contributed by atoms with Crippen molar-refractivity contribution >= 4 is 15.9 Å². The maximum Gasteiger partial charge on any atom is 0.130 e. The molecule has 1 atom stereocenters. The lowest BCUT2D eigenvalue weighted by molar-refractivity contribution is 0.598. The summed E-state index contributed by atoms with van der Waals surface area (Å²) in [7, 11) is 0. The molecule has 1 heterocycles. The van der Waals surface area contributed by atoms with E-state index in [1.54, 1.807) is 19.2 Å². The predicted octanol–water partition coefficient (Wildman–Crippen LogP) is 4.21. The molecule has 0 saturated heterocycles. The summed E-state index contributed by atoms with van der Waals surface area (Å²) in [5, 5.41) is 0. The van der Waals surface area contributed by atoms with E-state index < -0.39 is 0 Å². The van der Waals surface area contributed by atoms with Gasteiger partial charge in [-0.3, -0.25) is 4.98 Å². The Hall–Kier alpha value is -1.22. The van der Waals surface area contributed by atoms with Crippen molar-refractivity contribution in [3.63, 3.8) is 0 Å². The molecule has 0 N–H and O–H groups in total. The standard InChI is InChI=1S/C14H13BrFN/c1-10-5-4-7-12(14(10)16)13(15)9-11-6-2-3-8-17-11/h2-8,13H,9H2,1H3. The fourth-order valence-electron chi connectivity index (χ4n) is 1.72. The van der Waals surface area contributed by atoms with Crippen molar-refractivity contribution in [2.24, 2.45) is 0 Å². The van der Waals surface area contributed by atoms with Crippen molar-refractivity contribution in [2.45, 2.75) is 18.2 Å². The lowest BCUT2D eigenvalue weighted by Crippen LogP contribution is -2.01. The molecule has 0 amide bonds. The van der Waals surface area contributed by atoms with E-state index in [0.29, 0.717) is 17.5 Å². The van der Waals surface area contributed by atoms with E-state index in [0.717, 1.165) is 5.69 Å². The Labute approximate surface area is 109 Å². The molecule has 2 aromatic rings. The van der Waals surface area contributed by atoms with E-state index >= 15 is 0 Å². The van der Waals surface area contributed by atoms with E-state index in [4.69, 9.17) is 0 Å². The summed E-state index contributed by atoms with van der Waals surface area (Å²) in [6.07, 6.45) is 2.43. The van der Waals surface area contributed by atoms with E-state index in [2.05, 4.69) is 20.9 Å². The van der Waals surface area contributed by atoms with Crippen LogP contribution in [0.4, 0.5) is 4.39 Å². The average Bonchev–Trinajstić information content (AvgIpc) is 2.34. The first kappa shape index (κ1) is 12.2. The number of hydrogen-bond acceptors (Lipinski definition) is 1. The van der Waals surface area contributed by atoms with Gasteiger partial charge in [-0.1, -0.05) is 40.2 Å². The molecule has 0 aliphatic rings. The zero-order valence-electron chi connectivity index (χ0n) is 9.53. The van der Waals surface area contributed by atoms with Crippen LogP contribution in [0, 0.1) is 12.7 Å². The molecule has 0 aliphatic heterocycles. The van der Waals surface area contributed by atoms with Crippen LogP contribution in [0.2, 0.25) is 0 Å². The summed E-state index contributed by atoms with van der Waals surface area (Å²) in [5.41, 5.74) is 2.32. The van der Waals surface area contributed by atoms with Gasteiger partial charge in [-0.15, -0.1) is 0 Å². The molecule has 1 unspecified atom stereocenters. The average molecular weight is 294 g/mol. The Morgan fingerprint density at radius 1 is 1.24 bits per heavy atom. The molecule has 88 valence electrons. The molecular weight excluding hydrogens is 281 g/mol. The summed E-state index contributed by atoms with van der Waals surface area (Å²) in [5.74, 6) is -0.134. The number of benzene rings is 1. The minimum atomic E-state index is -0.134. The van der Waals surface area contributed by atoms with Gasteiger partial charge in [0.15, 0.2) is 0 Å². The molecule has 0 spiro atoms. The van der Waals surface area contributed by atoms with Crippen molar-refractivity contribution < 1.29 is 4.39 Å². The number of halogens is 2. The number of rotatable bonds is 3. The Morgan fingerprint density at radius 2 is 2.06 bits per heavy atom. The lowest BCUT2D eigenvalue weighted by Gasteiger charge is -2.12. The van der Waals surface area contributed by atoms with Crippen LogP contribution >= 0.6 is 15.9 Å². The monoisotopic (exact) mass is 293 g/mol. The summed E-state index contributed by atoms with van der Waals surface area (Å²) >= 11 is 3.53. The van der Waals surface area contributed by atoms with Gasteiger partial charge < -0.3 is 0 Å². The molecule has 3 heteroatoms. The van der Waals surface area contributed by atoms with Crippen molar-refractivity contribution in [3.05, 3.63) is 65.2 Å². The van der Waals surface area contributed by atoms with Crippen molar-refractivity contribution in [2.75, 3.05) is 0 Å². The highest BCUT2D eigenvalue weighted by Gasteiger charge is 2.14. The van der Waals surface area contributed by atoms with E-state index in [9.17, 15) is 4.39 Å². The van der Waals surface area contributed by atoms with E-state index in [1.165, 1.54) is 0 Å². The first-order chi connectivity index (χ1) is 8.18. The van der Waals surface area contributed by atoms with Gasteiger partial charge >= 0.3 is 0 Å². The van der Waals surface area contributed by atoms with Gasteiger partial charge in [0.2, 0.25) is 0 Å². The Kier molecular flexibility index (Phi) is 3.89. The Bertz CT molecular complexity index is 499. The quantitative estimate of drug-likeness (QED) is 0.773. The molecule has 0 saturated carbocycles. The van der Waals surface area contributed by atoms with Crippen LogP contribution in [0.3, 0.4) is 0 Å². The summed E-state index contributed by atoms with van der Waals surface area (Å²) in [6.45, 7) is 1.78. The topological polar surface area (TPSA) is 12.9 Å². The number of hydrogen-bond donors (Lipinski definition) is 0. The predicted molar refractivity (Wildman–Crippen MR) is 70.7 cm³/mol. The third-order valence-corrected chi connectivity index (χ3v) is 3.49. The molecule has 2 rings (SSSR count). The minimum absolute atomic E-state index is 0.0442. The smallest absolute Gasteiger partial charge is 0.130 e. The number of alkyl halides is 1. The molecule has 1 aromatic heterocycles. The maximum atomic E-state index is 13.9. The first-order valence-corrected chi connectivity index (χ1v) is 6.39. The first-order valence-electron chi connectivity index (χ1n) is 5.47. The fourth-order valence-corrected chi connectivity index (χ4v) is 2.41. The Balaban J connectivity index is 2.20. The molecule has 0 radical (unpaired) electrons. The molecular formula is C14H13BrFN. The highest BCUT2D eigenvalue weighted by atomic mass is 79.9. The second kappa shape index (κ2) is 5.41. The summed E-state index contributed by atoms with van der Waals surface area (Å²) < 4.78 is 13.9. The largest absolute Gasteiger partial charge is 0.261 e. The van der Waals surface area contributed by atoms with Crippen molar-refractivity contribution in [1.29, 1.82) is 0 Å². The maximum absolute atomic E-state index is 13.9. The highest BCUT2D eigenvalue weighted by Crippen LogP contribution is 2.29. The van der Waals surface area contributed by atoms with E-state index in [1.807, 2.05) is 30.3 Å². The molecule has 0 aliphatic carbocycles. The van der Waals surface area contributed by atoms with Gasteiger partial charge in [0.05, 0.1) is 0 Å². The van der Waals surface area contributed by atoms with Crippen molar-refractivity contribution in [3.8, 4) is 0 Å². The summed E-state index contributed by atoms with van der Waals surface area (Å²) in [6, 6.07) is 11.2. The van der Waals surface area contributed by atoms with Crippen LogP contribution < -0.4 is 0 Å².